The summed E-state index contributed by atoms with van der Waals surface area (Å²) in [6.45, 7) is -0.235. The molecule has 0 aliphatic carbocycles. The van der Waals surface area contributed by atoms with Crippen molar-refractivity contribution in [1.82, 2.24) is 10.4 Å². The number of hydrogen-bond acceptors (Lipinski definition) is 9. The van der Waals surface area contributed by atoms with Gasteiger partial charge in [0.15, 0.2) is 23.2 Å². The van der Waals surface area contributed by atoms with E-state index in [0.717, 1.165) is 22.1 Å². The number of nitrogens with zero attached hydrogens (tertiary/aromatic N) is 2. The Hall–Kier alpha value is -5.39. The third-order valence-corrected chi connectivity index (χ3v) is 7.36. The maximum Gasteiger partial charge on any atom is 0.271 e. The molecule has 45 heavy (non-hydrogen) atoms. The van der Waals surface area contributed by atoms with Crippen LogP contribution in [0, 0.1) is 0 Å². The van der Waals surface area contributed by atoms with Crippen molar-refractivity contribution in [3.63, 3.8) is 0 Å². The maximum absolute atomic E-state index is 12.7. The van der Waals surface area contributed by atoms with E-state index in [4.69, 9.17) is 25.8 Å². The molecule has 1 heterocycles. The SMILES string of the molecule is COc1ccccc1NC(=O)COc1ccc(/C=N\NC(=O)c2ccc(-c3csc(Nc4ccc(Cl)cc4)n3)cc2)cc1OC. The largest absolute Gasteiger partial charge is 0.495 e. The third-order valence-electron chi connectivity index (χ3n) is 6.35. The summed E-state index contributed by atoms with van der Waals surface area (Å²) in [5.41, 5.74) is 6.73. The summed E-state index contributed by atoms with van der Waals surface area (Å²) < 4.78 is 16.3. The van der Waals surface area contributed by atoms with Gasteiger partial charge in [0.05, 0.1) is 31.8 Å². The summed E-state index contributed by atoms with van der Waals surface area (Å²) in [4.78, 5) is 29.7. The van der Waals surface area contributed by atoms with E-state index >= 15 is 0 Å². The summed E-state index contributed by atoms with van der Waals surface area (Å²) in [5.74, 6) is 0.603. The fraction of sp³-hybridized carbons (Fsp3) is 0.0909. The number of para-hydroxylation sites is 2. The Morgan fingerprint density at radius 1 is 0.911 bits per heavy atom. The molecule has 0 bridgehead atoms. The standard InChI is InChI=1S/C33H28ClN5O5S/c1-42-28-6-4-3-5-26(28)37-31(40)19-44-29-16-7-21(17-30(29)43-2)18-35-39-32(41)23-10-8-22(9-11-23)27-20-45-33(38-27)36-25-14-12-24(34)13-15-25/h3-18,20H,19H2,1-2H3,(H,36,38)(H,37,40)(H,39,41)/b35-18-. The van der Waals surface area contributed by atoms with Gasteiger partial charge in [-0.05, 0) is 72.3 Å². The second-order valence-electron chi connectivity index (χ2n) is 9.39. The summed E-state index contributed by atoms with van der Waals surface area (Å²) in [6.07, 6.45) is 1.48. The Morgan fingerprint density at radius 2 is 1.67 bits per heavy atom. The summed E-state index contributed by atoms with van der Waals surface area (Å²) in [7, 11) is 3.02. The van der Waals surface area contributed by atoms with E-state index in [1.54, 1.807) is 48.5 Å². The monoisotopic (exact) mass is 641 g/mol. The van der Waals surface area contributed by atoms with E-state index in [2.05, 4.69) is 26.1 Å². The topological polar surface area (TPSA) is 123 Å². The van der Waals surface area contributed by atoms with Crippen LogP contribution in [0.3, 0.4) is 0 Å². The van der Waals surface area contributed by atoms with E-state index in [0.29, 0.717) is 39.1 Å². The van der Waals surface area contributed by atoms with Gasteiger partial charge in [-0.3, -0.25) is 9.59 Å². The predicted molar refractivity (Wildman–Crippen MR) is 177 cm³/mol. The van der Waals surface area contributed by atoms with Crippen molar-refractivity contribution in [3.05, 3.63) is 113 Å². The highest BCUT2D eigenvalue weighted by molar-refractivity contribution is 7.14. The first-order valence-corrected chi connectivity index (χ1v) is 14.8. The Kier molecular flexibility index (Phi) is 10.3. The van der Waals surface area contributed by atoms with Crippen LogP contribution in [0.2, 0.25) is 5.02 Å². The number of carbonyl (C=O) groups excluding carboxylic acids is 2. The quantitative estimate of drug-likeness (QED) is 0.0989. The number of anilines is 3. The first-order chi connectivity index (χ1) is 21.9. The molecule has 5 aromatic rings. The normalized spacial score (nSPS) is 10.7. The van der Waals surface area contributed by atoms with E-state index in [1.165, 1.54) is 31.8 Å². The van der Waals surface area contributed by atoms with Crippen LogP contribution < -0.4 is 30.3 Å². The Bertz CT molecular complexity index is 1810. The van der Waals surface area contributed by atoms with Crippen LogP contribution in [0.4, 0.5) is 16.5 Å². The average Bonchev–Trinajstić information content (AvgIpc) is 3.53. The molecule has 0 radical (unpaired) electrons. The average molecular weight is 642 g/mol. The van der Waals surface area contributed by atoms with Gasteiger partial charge >= 0.3 is 0 Å². The first kappa shape index (κ1) is 31.0. The fourth-order valence-electron chi connectivity index (χ4n) is 4.10. The smallest absolute Gasteiger partial charge is 0.271 e. The molecule has 0 atom stereocenters. The van der Waals surface area contributed by atoms with E-state index in [9.17, 15) is 9.59 Å². The molecule has 0 unspecified atom stereocenters. The molecule has 1 aromatic heterocycles. The first-order valence-electron chi connectivity index (χ1n) is 13.6. The minimum absolute atomic E-state index is 0.235. The lowest BCUT2D eigenvalue weighted by atomic mass is 10.1. The minimum Gasteiger partial charge on any atom is -0.495 e. The number of ether oxygens (including phenoxy) is 3. The molecule has 10 nitrogen and oxygen atoms in total. The van der Waals surface area contributed by atoms with Crippen LogP contribution in [0.25, 0.3) is 11.3 Å². The lowest BCUT2D eigenvalue weighted by Crippen LogP contribution is -2.20. The Morgan fingerprint density at radius 3 is 2.42 bits per heavy atom. The van der Waals surface area contributed by atoms with Crippen LogP contribution >= 0.6 is 22.9 Å². The number of hydrazone groups is 1. The van der Waals surface area contributed by atoms with Crippen LogP contribution in [-0.2, 0) is 4.79 Å². The Balaban J connectivity index is 1.13. The molecule has 0 saturated carbocycles. The second kappa shape index (κ2) is 14.9. The van der Waals surface area contributed by atoms with Crippen LogP contribution in [-0.4, -0.2) is 43.8 Å². The van der Waals surface area contributed by atoms with Crippen molar-refractivity contribution >= 4 is 57.5 Å². The molecule has 5 rings (SSSR count). The second-order valence-corrected chi connectivity index (χ2v) is 10.7. The molecule has 0 fully saturated rings. The number of nitrogens with one attached hydrogen (secondary N) is 3. The van der Waals surface area contributed by atoms with E-state index in [1.807, 2.05) is 47.8 Å². The van der Waals surface area contributed by atoms with Gasteiger partial charge in [0, 0.05) is 27.2 Å². The number of hydrogen-bond donors (Lipinski definition) is 3. The van der Waals surface area contributed by atoms with Gasteiger partial charge in [-0.25, -0.2) is 10.4 Å². The van der Waals surface area contributed by atoms with Crippen molar-refractivity contribution in [2.24, 2.45) is 5.10 Å². The molecule has 0 spiro atoms. The fourth-order valence-corrected chi connectivity index (χ4v) is 4.97. The lowest BCUT2D eigenvalue weighted by molar-refractivity contribution is -0.118. The number of methoxy groups -OCH3 is 2. The predicted octanol–water partition coefficient (Wildman–Crippen LogP) is 7.01. The summed E-state index contributed by atoms with van der Waals surface area (Å²) in [5, 5.41) is 13.4. The number of benzene rings is 4. The lowest BCUT2D eigenvalue weighted by Gasteiger charge is -2.12. The van der Waals surface area contributed by atoms with Crippen molar-refractivity contribution in [2.45, 2.75) is 0 Å². The molecule has 0 saturated heterocycles. The van der Waals surface area contributed by atoms with Crippen LogP contribution in [0.15, 0.2) is 101 Å². The van der Waals surface area contributed by atoms with Crippen LogP contribution in [0.5, 0.6) is 17.2 Å². The number of aromatic nitrogens is 1. The summed E-state index contributed by atoms with van der Waals surface area (Å²) >= 11 is 7.43. The van der Waals surface area contributed by atoms with E-state index < -0.39 is 0 Å². The van der Waals surface area contributed by atoms with Gasteiger partial charge in [-0.15, -0.1) is 11.3 Å². The van der Waals surface area contributed by atoms with Crippen molar-refractivity contribution < 1.29 is 23.8 Å². The van der Waals surface area contributed by atoms with Gasteiger partial charge in [0.1, 0.15) is 5.75 Å². The molecule has 228 valence electrons. The molecule has 12 heteroatoms. The van der Waals surface area contributed by atoms with Crippen molar-refractivity contribution in [2.75, 3.05) is 31.5 Å². The summed E-state index contributed by atoms with van der Waals surface area (Å²) in [6, 6.07) is 26.6. The zero-order valence-corrected chi connectivity index (χ0v) is 25.8. The molecule has 0 aliphatic rings. The van der Waals surface area contributed by atoms with E-state index in [-0.39, 0.29) is 18.4 Å². The van der Waals surface area contributed by atoms with Crippen molar-refractivity contribution in [1.29, 1.82) is 0 Å². The third kappa shape index (κ3) is 8.37. The highest BCUT2D eigenvalue weighted by Gasteiger charge is 2.12. The van der Waals surface area contributed by atoms with Gasteiger partial charge in [0.25, 0.3) is 11.8 Å². The number of halogens is 1. The molecular formula is C33H28ClN5O5S. The molecule has 4 aromatic carbocycles. The zero-order valence-electron chi connectivity index (χ0n) is 24.2. The zero-order chi connectivity index (χ0) is 31.6. The van der Waals surface area contributed by atoms with Gasteiger partial charge in [-0.2, -0.15) is 5.10 Å². The highest BCUT2D eigenvalue weighted by atomic mass is 35.5. The van der Waals surface area contributed by atoms with Gasteiger partial charge in [-0.1, -0.05) is 35.9 Å². The molecule has 3 N–H and O–H groups in total. The Labute approximate surface area is 268 Å². The molecule has 0 aliphatic heterocycles. The van der Waals surface area contributed by atoms with Gasteiger partial charge in [0.2, 0.25) is 0 Å². The number of carbonyl (C=O) groups is 2. The number of rotatable bonds is 12. The number of amides is 2. The molecular weight excluding hydrogens is 614 g/mol. The maximum atomic E-state index is 12.7. The van der Waals surface area contributed by atoms with Crippen LogP contribution in [0.1, 0.15) is 15.9 Å². The van der Waals surface area contributed by atoms with Crippen molar-refractivity contribution in [3.8, 4) is 28.5 Å². The van der Waals surface area contributed by atoms with Gasteiger partial charge < -0.3 is 24.8 Å². The molecule has 2 amide bonds. The minimum atomic E-state index is -0.367. The number of thiazole rings is 1. The highest BCUT2D eigenvalue weighted by Crippen LogP contribution is 2.29.